The molecular formula is C13H17Cl2NO2S. The Morgan fingerprint density at radius 3 is 2.32 bits per heavy atom. The molecule has 0 aromatic heterocycles. The molecule has 1 aliphatic carbocycles. The van der Waals surface area contributed by atoms with E-state index in [0.717, 1.165) is 19.3 Å². The predicted octanol–water partition coefficient (Wildman–Crippen LogP) is 3.85. The summed E-state index contributed by atoms with van der Waals surface area (Å²) in [4.78, 5) is -0.0250. The Morgan fingerprint density at radius 2 is 1.84 bits per heavy atom. The lowest BCUT2D eigenvalue weighted by atomic mass is 9.92. The van der Waals surface area contributed by atoms with E-state index in [2.05, 4.69) is 18.6 Å². The quantitative estimate of drug-likeness (QED) is 0.919. The average molecular weight is 322 g/mol. The molecule has 1 aliphatic rings. The number of halogens is 2. The van der Waals surface area contributed by atoms with Crippen LogP contribution >= 0.6 is 23.2 Å². The van der Waals surface area contributed by atoms with Gasteiger partial charge < -0.3 is 0 Å². The van der Waals surface area contributed by atoms with Gasteiger partial charge >= 0.3 is 0 Å². The standard InChI is InChI=1S/C13H17Cl2NO2S/c1-13(2)7-6-9(8-13)16-19(17,18)12-10(14)4-3-5-11(12)15/h3-5,9,16H,6-8H2,1-2H3. The Hall–Kier alpha value is -0.290. The number of sulfonamides is 1. The first-order valence-electron chi connectivity index (χ1n) is 6.18. The molecule has 1 saturated carbocycles. The fourth-order valence-corrected chi connectivity index (χ4v) is 4.97. The second-order valence-electron chi connectivity index (χ2n) is 5.78. The molecule has 1 aromatic rings. The molecule has 6 heteroatoms. The fourth-order valence-electron chi connectivity index (χ4n) is 2.55. The second-order valence-corrected chi connectivity index (χ2v) is 8.24. The summed E-state index contributed by atoms with van der Waals surface area (Å²) in [5.74, 6) is 0. The Balaban J connectivity index is 2.25. The minimum atomic E-state index is -3.67. The molecule has 1 N–H and O–H groups in total. The van der Waals surface area contributed by atoms with E-state index in [-0.39, 0.29) is 26.4 Å². The third-order valence-corrected chi connectivity index (χ3v) is 5.95. The minimum absolute atomic E-state index is 0.0250. The maximum atomic E-state index is 12.4. The lowest BCUT2D eigenvalue weighted by Gasteiger charge is -2.18. The topological polar surface area (TPSA) is 46.2 Å². The number of hydrogen-bond donors (Lipinski definition) is 1. The molecular weight excluding hydrogens is 305 g/mol. The molecule has 3 nitrogen and oxygen atoms in total. The van der Waals surface area contributed by atoms with E-state index in [1.54, 1.807) is 6.07 Å². The van der Waals surface area contributed by atoms with Crippen molar-refractivity contribution >= 4 is 33.2 Å². The molecule has 2 rings (SSSR count). The van der Waals surface area contributed by atoms with Crippen molar-refractivity contribution in [2.75, 3.05) is 0 Å². The normalized spacial score (nSPS) is 22.6. The summed E-state index contributed by atoms with van der Waals surface area (Å²) in [5, 5.41) is 0.300. The van der Waals surface area contributed by atoms with Crippen LogP contribution in [0.4, 0.5) is 0 Å². The van der Waals surface area contributed by atoms with E-state index in [9.17, 15) is 8.42 Å². The molecule has 0 saturated heterocycles. The maximum absolute atomic E-state index is 12.4. The Labute approximate surface area is 124 Å². The summed E-state index contributed by atoms with van der Waals surface area (Å²) in [6.45, 7) is 4.29. The van der Waals surface area contributed by atoms with Gasteiger partial charge in [-0.2, -0.15) is 0 Å². The van der Waals surface area contributed by atoms with Crippen molar-refractivity contribution < 1.29 is 8.42 Å². The van der Waals surface area contributed by atoms with Gasteiger partial charge in [0.05, 0.1) is 10.0 Å². The zero-order valence-electron chi connectivity index (χ0n) is 10.9. The van der Waals surface area contributed by atoms with Crippen molar-refractivity contribution in [3.8, 4) is 0 Å². The highest BCUT2D eigenvalue weighted by Gasteiger charge is 2.34. The Bertz CT molecular complexity index is 564. The summed E-state index contributed by atoms with van der Waals surface area (Å²) >= 11 is 11.9. The van der Waals surface area contributed by atoms with Gasteiger partial charge in [0.15, 0.2) is 0 Å². The number of nitrogens with one attached hydrogen (secondary N) is 1. The smallest absolute Gasteiger partial charge is 0.208 e. The van der Waals surface area contributed by atoms with Gasteiger partial charge in [0, 0.05) is 6.04 Å². The SMILES string of the molecule is CC1(C)CCC(NS(=O)(=O)c2c(Cl)cccc2Cl)C1. The van der Waals surface area contributed by atoms with Crippen LogP contribution in [0.15, 0.2) is 23.1 Å². The van der Waals surface area contributed by atoms with Crippen molar-refractivity contribution in [3.05, 3.63) is 28.2 Å². The van der Waals surface area contributed by atoms with E-state index < -0.39 is 10.0 Å². The molecule has 0 bridgehead atoms. The third kappa shape index (κ3) is 3.43. The van der Waals surface area contributed by atoms with Gasteiger partial charge in [-0.25, -0.2) is 13.1 Å². The van der Waals surface area contributed by atoms with Gasteiger partial charge in [-0.1, -0.05) is 43.1 Å². The van der Waals surface area contributed by atoms with Crippen LogP contribution < -0.4 is 4.72 Å². The Morgan fingerprint density at radius 1 is 1.26 bits per heavy atom. The molecule has 1 atom stereocenters. The van der Waals surface area contributed by atoms with Gasteiger partial charge in [0.1, 0.15) is 4.90 Å². The zero-order valence-corrected chi connectivity index (χ0v) is 13.2. The molecule has 0 amide bonds. The Kier molecular flexibility index (Phi) is 4.17. The fraction of sp³-hybridized carbons (Fsp3) is 0.538. The van der Waals surface area contributed by atoms with E-state index in [1.807, 2.05) is 0 Å². The molecule has 106 valence electrons. The van der Waals surface area contributed by atoms with Crippen LogP contribution in [-0.2, 0) is 10.0 Å². The molecule has 1 aromatic carbocycles. The van der Waals surface area contributed by atoms with Crippen molar-refractivity contribution in [1.29, 1.82) is 0 Å². The monoisotopic (exact) mass is 321 g/mol. The van der Waals surface area contributed by atoms with E-state index in [4.69, 9.17) is 23.2 Å². The highest BCUT2D eigenvalue weighted by atomic mass is 35.5. The van der Waals surface area contributed by atoms with Gasteiger partial charge in [0.25, 0.3) is 0 Å². The van der Waals surface area contributed by atoms with Crippen molar-refractivity contribution in [3.63, 3.8) is 0 Å². The van der Waals surface area contributed by atoms with Crippen molar-refractivity contribution in [2.45, 2.75) is 44.0 Å². The lowest BCUT2D eigenvalue weighted by Crippen LogP contribution is -2.33. The minimum Gasteiger partial charge on any atom is -0.208 e. The first-order valence-corrected chi connectivity index (χ1v) is 8.41. The maximum Gasteiger partial charge on any atom is 0.243 e. The van der Waals surface area contributed by atoms with E-state index >= 15 is 0 Å². The second kappa shape index (κ2) is 5.24. The van der Waals surface area contributed by atoms with Gasteiger partial charge in [0.2, 0.25) is 10.0 Å². The van der Waals surface area contributed by atoms with Crippen LogP contribution in [-0.4, -0.2) is 14.5 Å². The zero-order chi connectivity index (χ0) is 14.3. The summed E-state index contributed by atoms with van der Waals surface area (Å²) in [5.41, 5.74) is 0.178. The molecule has 19 heavy (non-hydrogen) atoms. The van der Waals surface area contributed by atoms with Crippen LogP contribution in [0.1, 0.15) is 33.1 Å². The molecule has 1 unspecified atom stereocenters. The van der Waals surface area contributed by atoms with Crippen LogP contribution in [0.25, 0.3) is 0 Å². The van der Waals surface area contributed by atoms with Crippen LogP contribution in [0.3, 0.4) is 0 Å². The van der Waals surface area contributed by atoms with E-state index in [1.165, 1.54) is 12.1 Å². The van der Waals surface area contributed by atoms with Crippen molar-refractivity contribution in [1.82, 2.24) is 4.72 Å². The highest BCUT2D eigenvalue weighted by molar-refractivity contribution is 7.89. The molecule has 0 aliphatic heterocycles. The van der Waals surface area contributed by atoms with Gasteiger partial charge in [-0.3, -0.25) is 0 Å². The largest absolute Gasteiger partial charge is 0.243 e. The van der Waals surface area contributed by atoms with Crippen molar-refractivity contribution in [2.24, 2.45) is 5.41 Å². The average Bonchev–Trinajstić information content (AvgIpc) is 2.56. The third-order valence-electron chi connectivity index (χ3n) is 3.48. The summed E-state index contributed by atoms with van der Waals surface area (Å²) in [6.07, 6.45) is 2.68. The number of benzene rings is 1. The summed E-state index contributed by atoms with van der Waals surface area (Å²) in [6, 6.07) is 4.64. The van der Waals surface area contributed by atoms with E-state index in [0.29, 0.717) is 0 Å². The number of hydrogen-bond acceptors (Lipinski definition) is 2. The molecule has 0 spiro atoms. The predicted molar refractivity (Wildman–Crippen MR) is 78.2 cm³/mol. The summed E-state index contributed by atoms with van der Waals surface area (Å²) in [7, 11) is -3.67. The highest BCUT2D eigenvalue weighted by Crippen LogP contribution is 2.38. The number of rotatable bonds is 3. The van der Waals surface area contributed by atoms with Crippen LogP contribution in [0.2, 0.25) is 10.0 Å². The van der Waals surface area contributed by atoms with Gasteiger partial charge in [-0.05, 0) is 36.8 Å². The van der Waals surface area contributed by atoms with Gasteiger partial charge in [-0.15, -0.1) is 0 Å². The molecule has 0 radical (unpaired) electrons. The van der Waals surface area contributed by atoms with Crippen LogP contribution in [0.5, 0.6) is 0 Å². The lowest BCUT2D eigenvalue weighted by molar-refractivity contribution is 0.372. The summed E-state index contributed by atoms with van der Waals surface area (Å²) < 4.78 is 27.4. The molecule has 0 heterocycles. The molecule has 1 fully saturated rings. The van der Waals surface area contributed by atoms with Crippen LogP contribution in [0, 0.1) is 5.41 Å². The first kappa shape index (κ1) is 15.1. The first-order chi connectivity index (χ1) is 8.71.